The maximum atomic E-state index is 10.8. The molecule has 0 saturated carbocycles. The first kappa shape index (κ1) is 33.3. The Morgan fingerprint density at radius 1 is 0.944 bits per heavy atom. The Balaban J connectivity index is 0.000000422. The summed E-state index contributed by atoms with van der Waals surface area (Å²) < 4.78 is 19.7. The van der Waals surface area contributed by atoms with Crippen molar-refractivity contribution < 1.29 is 115 Å². The van der Waals surface area contributed by atoms with Gasteiger partial charge in [-0.15, -0.1) is 0 Å². The monoisotopic (exact) mass is 540 g/mol. The van der Waals surface area contributed by atoms with E-state index in [1.54, 1.807) is 0 Å². The van der Waals surface area contributed by atoms with Crippen LogP contribution in [-0.4, -0.2) is 156 Å². The molecule has 0 aromatic carbocycles. The van der Waals surface area contributed by atoms with E-state index in [0.717, 1.165) is 0 Å². The summed E-state index contributed by atoms with van der Waals surface area (Å²) in [5.74, 6) is -5.42. The number of hydrogen-bond donors (Lipinski definition) is 11. The van der Waals surface area contributed by atoms with E-state index in [0.29, 0.717) is 0 Å². The average Bonchev–Trinajstić information content (AvgIpc) is 3.26. The molecule has 0 aromatic heterocycles. The summed E-state index contributed by atoms with van der Waals surface area (Å²) in [5.41, 5.74) is 0. The van der Waals surface area contributed by atoms with Gasteiger partial charge < -0.3 is 80.2 Å². The van der Waals surface area contributed by atoms with Gasteiger partial charge in [0.2, 0.25) is 5.79 Å². The van der Waals surface area contributed by atoms with Crippen molar-refractivity contribution in [1.29, 1.82) is 0 Å². The average molecular weight is 540 g/mol. The summed E-state index contributed by atoms with van der Waals surface area (Å²) >= 11 is 0. The van der Waals surface area contributed by atoms with Crippen molar-refractivity contribution in [2.75, 3.05) is 26.4 Å². The van der Waals surface area contributed by atoms with Crippen LogP contribution in [0.5, 0.6) is 0 Å². The minimum atomic E-state index is -2.22. The number of rotatable bonds is 7. The zero-order valence-corrected chi connectivity index (χ0v) is 21.0. The molecule has 2 saturated heterocycles. The maximum absolute atomic E-state index is 10.8. The Morgan fingerprint density at radius 2 is 1.53 bits per heavy atom. The maximum Gasteiger partial charge on any atom is 1.00 e. The van der Waals surface area contributed by atoms with E-state index in [2.05, 4.69) is 4.74 Å². The summed E-state index contributed by atoms with van der Waals surface area (Å²) in [6.45, 7) is -3.03. The molecule has 2 fully saturated rings. The van der Waals surface area contributed by atoms with Crippen LogP contribution in [0.1, 0.15) is 0 Å². The van der Waals surface area contributed by atoms with Crippen molar-refractivity contribution in [1.82, 2.24) is 0 Å². The molecule has 11 N–H and O–H groups in total. The van der Waals surface area contributed by atoms with Crippen LogP contribution in [0.15, 0.2) is 11.5 Å². The molecule has 0 radical (unpaired) electrons. The third-order valence-corrected chi connectivity index (χ3v) is 5.53. The van der Waals surface area contributed by atoms with E-state index in [-0.39, 0.29) is 29.6 Å². The number of aliphatic hydroxyl groups is 11. The molecule has 3 aliphatic rings. The zero-order chi connectivity index (χ0) is 26.7. The molecule has 36 heavy (non-hydrogen) atoms. The van der Waals surface area contributed by atoms with Gasteiger partial charge in [0.25, 0.3) is 0 Å². The van der Waals surface area contributed by atoms with Crippen molar-refractivity contribution in [2.45, 2.75) is 67.0 Å². The van der Waals surface area contributed by atoms with Gasteiger partial charge in [0.1, 0.15) is 61.5 Å². The van der Waals surface area contributed by atoms with Gasteiger partial charge in [0.05, 0.1) is 19.8 Å². The van der Waals surface area contributed by atoms with Crippen molar-refractivity contribution >= 4 is 5.97 Å². The number of cyclic esters (lactones) is 1. The summed E-state index contributed by atoms with van der Waals surface area (Å²) in [4.78, 5) is 10.5. The predicted octanol–water partition coefficient (Wildman–Crippen LogP) is -11.0. The Kier molecular flexibility index (Phi) is 12.9. The van der Waals surface area contributed by atoms with E-state index < -0.39 is 111 Å². The molecule has 0 amide bonds. The van der Waals surface area contributed by atoms with Crippen molar-refractivity contribution in [3.05, 3.63) is 11.5 Å². The normalized spacial score (nSPS) is 41.3. The van der Waals surface area contributed by atoms with Crippen LogP contribution in [-0.2, 0) is 23.7 Å². The molecule has 0 spiro atoms. The molecule has 0 aromatic rings. The number of ether oxygens (including phenoxy) is 4. The summed E-state index contributed by atoms with van der Waals surface area (Å²) in [7, 11) is 0. The number of aliphatic hydroxyl groups excluding tert-OH is 11. The zero-order valence-electron chi connectivity index (χ0n) is 19.0. The van der Waals surface area contributed by atoms with Gasteiger partial charge in [-0.1, -0.05) is 0 Å². The van der Waals surface area contributed by atoms with Gasteiger partial charge in [-0.25, -0.2) is 4.79 Å². The van der Waals surface area contributed by atoms with Crippen LogP contribution in [0.2, 0.25) is 0 Å². The Morgan fingerprint density at radius 3 is 1.94 bits per heavy atom. The standard InChI is InChI=1S/C12H22O11.C6H8O6.Na/c13-1-4-6(16)8(18)9(19)11(21-4)23-12(3-15)10(20)7(17)5(2-14)22-12;7-1-2(8)5-3(9)4(10)6(11)12-5;/h4-11,13-20H,1-3H2;2,5,7-10H,1H2;/q;;+1/p-1/t4-,5-,6-,7-,8+,9-,10+,11-,12+;2-,5+;/m10./s1. The number of carbonyl (C=O) groups is 1. The van der Waals surface area contributed by atoms with Crippen molar-refractivity contribution in [2.24, 2.45) is 0 Å². The molecule has 0 aliphatic carbocycles. The van der Waals surface area contributed by atoms with Gasteiger partial charge in [-0.2, -0.15) is 0 Å². The Bertz CT molecular complexity index is 751. The Labute approximate surface area is 225 Å². The molecule has 11 atom stereocenters. The number of hydrogen-bond acceptors (Lipinski definition) is 17. The molecule has 3 heterocycles. The van der Waals surface area contributed by atoms with E-state index in [1.165, 1.54) is 0 Å². The fourth-order valence-electron chi connectivity index (χ4n) is 3.44. The fourth-order valence-corrected chi connectivity index (χ4v) is 3.44. The van der Waals surface area contributed by atoms with Gasteiger partial charge in [0, 0.05) is 0 Å². The second kappa shape index (κ2) is 13.9. The van der Waals surface area contributed by atoms with Crippen molar-refractivity contribution in [3.63, 3.8) is 0 Å². The van der Waals surface area contributed by atoms with Crippen molar-refractivity contribution in [3.8, 4) is 0 Å². The largest absolute Gasteiger partial charge is 1.00 e. The van der Waals surface area contributed by atoms with Crippen LogP contribution in [0.4, 0.5) is 0 Å². The van der Waals surface area contributed by atoms with E-state index in [4.69, 9.17) is 39.7 Å². The molecule has 18 heteroatoms. The first-order chi connectivity index (χ1) is 16.4. The quantitative estimate of drug-likeness (QED) is 0.105. The molecular weight excluding hydrogens is 511 g/mol. The third kappa shape index (κ3) is 6.64. The third-order valence-electron chi connectivity index (χ3n) is 5.53. The SMILES string of the molecule is O=C1O[C@H]([C@@H](O)CO)C([O-])=C1O.OC[C@H]1O[C@@](CO)(O[C@H]2O[C@H](CO)[C@@H](O)[C@H](O)[C@H]2O)[C@@H](O)[C@@H]1O.[Na+]. The molecule has 204 valence electrons. The van der Waals surface area contributed by atoms with Gasteiger partial charge in [-0.3, -0.25) is 0 Å². The van der Waals surface area contributed by atoms with Gasteiger partial charge in [-0.05, 0) is 5.76 Å². The molecule has 0 bridgehead atoms. The predicted molar refractivity (Wildman–Crippen MR) is 101 cm³/mol. The number of carbonyl (C=O) groups excluding carboxylic acids is 1. The minimum Gasteiger partial charge on any atom is -0.870 e. The second-order valence-corrected chi connectivity index (χ2v) is 7.85. The van der Waals surface area contributed by atoms with Gasteiger partial charge >= 0.3 is 35.5 Å². The summed E-state index contributed by atoms with van der Waals surface area (Å²) in [6, 6.07) is 0. The minimum absolute atomic E-state index is 0. The van der Waals surface area contributed by atoms with E-state index >= 15 is 0 Å². The first-order valence-electron chi connectivity index (χ1n) is 10.2. The van der Waals surface area contributed by atoms with Gasteiger partial charge in [0.15, 0.2) is 12.0 Å². The Hall–Kier alpha value is -0.710. The van der Waals surface area contributed by atoms with Crippen LogP contribution >= 0.6 is 0 Å². The molecule has 17 nitrogen and oxygen atoms in total. The smallest absolute Gasteiger partial charge is 0.870 e. The van der Waals surface area contributed by atoms with Crippen LogP contribution in [0, 0.1) is 0 Å². The van der Waals surface area contributed by atoms with Crippen LogP contribution < -0.4 is 34.7 Å². The molecular formula is C18H29NaO17. The molecule has 0 unspecified atom stereocenters. The van der Waals surface area contributed by atoms with E-state index in [1.807, 2.05) is 0 Å². The molecule has 3 rings (SSSR count). The topological polar surface area (TPSA) is 300 Å². The molecule has 3 aliphatic heterocycles. The van der Waals surface area contributed by atoms with Crippen LogP contribution in [0.3, 0.4) is 0 Å². The summed E-state index contributed by atoms with van der Waals surface area (Å²) in [5, 5.41) is 113. The fraction of sp³-hybridized carbons (Fsp3) is 0.833. The summed E-state index contributed by atoms with van der Waals surface area (Å²) in [6.07, 6.45) is -15.6. The number of esters is 1. The first-order valence-corrected chi connectivity index (χ1v) is 10.2. The second-order valence-electron chi connectivity index (χ2n) is 7.85. The van der Waals surface area contributed by atoms with Crippen LogP contribution in [0.25, 0.3) is 0 Å². The van der Waals surface area contributed by atoms with E-state index in [9.17, 15) is 40.5 Å².